The first-order chi connectivity index (χ1) is 6.00. The van der Waals surface area contributed by atoms with Gasteiger partial charge in [0.05, 0.1) is 0 Å². The van der Waals surface area contributed by atoms with Crippen molar-refractivity contribution < 1.29 is 192 Å². The van der Waals surface area contributed by atoms with Gasteiger partial charge >= 0.3 is 192 Å². The van der Waals surface area contributed by atoms with Crippen LogP contribution in [0.4, 0.5) is 0 Å². The average molecular weight is 1050 g/mol. The van der Waals surface area contributed by atoms with Crippen molar-refractivity contribution in [3.8, 4) is 0 Å². The van der Waals surface area contributed by atoms with E-state index in [1.165, 1.54) is 0 Å². The van der Waals surface area contributed by atoms with Gasteiger partial charge in [-0.25, -0.2) is 0 Å². The first kappa shape index (κ1) is 32.7. The van der Waals surface area contributed by atoms with Crippen LogP contribution >= 0.6 is 0 Å². The van der Waals surface area contributed by atoms with Gasteiger partial charge in [0.15, 0.2) is 0 Å². The van der Waals surface area contributed by atoms with Crippen LogP contribution < -0.4 is 22.6 Å². The molecule has 12 nitrogen and oxygen atoms in total. The molecule has 0 atom stereocenters. The van der Waals surface area contributed by atoms with Gasteiger partial charge in [-0.2, -0.15) is 0 Å². The Morgan fingerprint density at radius 2 is 0.412 bits per heavy atom. The van der Waals surface area contributed by atoms with Gasteiger partial charge in [0.1, 0.15) is 0 Å². The Balaban J connectivity index is -0.0000000400. The molecule has 104 valence electrons. The molecule has 0 amide bonds. The van der Waals surface area contributed by atoms with Gasteiger partial charge in [-0.15, -0.1) is 0 Å². The van der Waals surface area contributed by atoms with Crippen LogP contribution in [0.1, 0.15) is 0 Å². The summed E-state index contributed by atoms with van der Waals surface area (Å²) < 4.78 is 104. The summed E-state index contributed by atoms with van der Waals surface area (Å²) in [5, 5.41) is 0. The molecule has 0 aromatic heterocycles. The van der Waals surface area contributed by atoms with Crippen LogP contribution in [0, 0.1) is 98.8 Å². The van der Waals surface area contributed by atoms with E-state index in [4.69, 9.17) is 42.9 Å². The van der Waals surface area contributed by atoms with Crippen LogP contribution in [0.2, 0.25) is 0 Å². The zero-order valence-corrected chi connectivity index (χ0v) is 20.5. The quantitative estimate of drug-likeness (QED) is 0.220. The van der Waals surface area contributed by atoms with Crippen molar-refractivity contribution >= 4 is 0 Å². The Morgan fingerprint density at radius 1 is 0.412 bits per heavy atom. The number of rotatable bonds is 0. The molecule has 0 fully saturated rings. The van der Waals surface area contributed by atoms with E-state index in [1.807, 2.05) is 0 Å². The monoisotopic (exact) mass is 1050 g/mol. The normalized spacial score (nSPS) is 10.2. The number of hydrogen-bond acceptors (Lipinski definition) is 12. The predicted octanol–water partition coefficient (Wildman–Crippen LogP) is -7.85. The van der Waals surface area contributed by atoms with Gasteiger partial charge in [0.25, 0.3) is 0 Å². The topological polar surface area (TPSA) is 241 Å². The molecule has 0 unspecified atom stereocenters. The molecule has 0 aromatic rings. The Labute approximate surface area is 187 Å². The van der Waals surface area contributed by atoms with Gasteiger partial charge in [-0.3, -0.25) is 0 Å². The Hall–Kier alpha value is 3.79. The maximum absolute atomic E-state index is 8.65. The van der Waals surface area contributed by atoms with E-state index in [0.717, 1.165) is 0 Å². The van der Waals surface area contributed by atoms with Crippen LogP contribution in [0.25, 0.3) is 0 Å². The minimum absolute atomic E-state index is 0. The van der Waals surface area contributed by atoms with Crippen molar-refractivity contribution in [1.29, 1.82) is 0 Å². The van der Waals surface area contributed by atoms with E-state index in [-0.39, 0.29) is 98.8 Å². The molecule has 0 spiro atoms. The molecule has 17 heteroatoms. The molecule has 0 saturated heterocycles. The van der Waals surface area contributed by atoms with Gasteiger partial charge in [-0.05, 0) is 0 Å². The van der Waals surface area contributed by atoms with Crippen molar-refractivity contribution in [2.45, 2.75) is 0 Å². The molecule has 0 bridgehead atoms. The summed E-state index contributed by atoms with van der Waals surface area (Å²) in [6.07, 6.45) is 0. The third kappa shape index (κ3) is 435. The summed E-state index contributed by atoms with van der Waals surface area (Å²) in [4.78, 5) is 0. The third-order valence-electron chi connectivity index (χ3n) is 0. The third-order valence-corrected chi connectivity index (χ3v) is 0. The first-order valence-corrected chi connectivity index (χ1v) is 16.4. The summed E-state index contributed by atoms with van der Waals surface area (Å²) >= 11 is -18.5. The summed E-state index contributed by atoms with van der Waals surface area (Å²) in [6.45, 7) is 0. The molecule has 0 saturated carbocycles. The van der Waals surface area contributed by atoms with Gasteiger partial charge in [0, 0.05) is 0 Å². The molecular formula is Eu2O12W3. The Bertz CT molecular complexity index is 341. The van der Waals surface area contributed by atoms with Crippen LogP contribution in [0.3, 0.4) is 0 Å². The first-order valence-electron chi connectivity index (χ1n) is 2.00. The summed E-state index contributed by atoms with van der Waals surface area (Å²) in [6, 6.07) is 0. The predicted molar refractivity (Wildman–Crippen MR) is 4.12 cm³/mol. The van der Waals surface area contributed by atoms with Crippen molar-refractivity contribution in [1.82, 2.24) is 0 Å². The summed E-state index contributed by atoms with van der Waals surface area (Å²) in [7, 11) is 0. The van der Waals surface area contributed by atoms with E-state index in [1.54, 1.807) is 0 Å². The van der Waals surface area contributed by atoms with Gasteiger partial charge in [0.2, 0.25) is 0 Å². The molecule has 0 N–H and O–H groups in total. The molecule has 0 heterocycles. The summed E-state index contributed by atoms with van der Waals surface area (Å²) in [5.41, 5.74) is 0. The maximum atomic E-state index is 8.65. The minimum atomic E-state index is -6.17. The Morgan fingerprint density at radius 3 is 0.412 bits per heavy atom. The van der Waals surface area contributed by atoms with Crippen molar-refractivity contribution in [3.63, 3.8) is 0 Å². The van der Waals surface area contributed by atoms with E-state index < -0.39 is 50.2 Å². The molecule has 0 aromatic carbocycles. The van der Waals surface area contributed by atoms with Crippen LogP contribution in [-0.4, -0.2) is 0 Å². The van der Waals surface area contributed by atoms with Crippen molar-refractivity contribution in [3.05, 3.63) is 0 Å². The standard InChI is InChI=1S/2Eu.12O.3W/q2*+3;;;;;;;6*-1;;;. The molecule has 0 rings (SSSR count). The Kier molecular flexibility index (Phi) is 28.3. The fourth-order valence-corrected chi connectivity index (χ4v) is 0. The van der Waals surface area contributed by atoms with Crippen molar-refractivity contribution in [2.75, 3.05) is 0 Å². The van der Waals surface area contributed by atoms with E-state index in [2.05, 4.69) is 0 Å². The second-order valence-electron chi connectivity index (χ2n) is 1.22. The summed E-state index contributed by atoms with van der Waals surface area (Å²) in [5.74, 6) is 0. The second-order valence-corrected chi connectivity index (χ2v) is 10.0. The van der Waals surface area contributed by atoms with Gasteiger partial charge in [-0.1, -0.05) is 0 Å². The molecular weight excluding hydrogens is 1050 g/mol. The van der Waals surface area contributed by atoms with E-state index >= 15 is 0 Å². The van der Waals surface area contributed by atoms with E-state index in [9.17, 15) is 0 Å². The SMILES string of the molecule is [Eu+3].[Eu+3].[O]=[W](=[O])([O-])[O-].[O]=[W](=[O])([O-])[O-].[O]=[W](=[O])([O-])[O-]. The molecule has 17 heavy (non-hydrogen) atoms. The fraction of sp³-hybridized carbons (Fsp3) is 0. The zero-order valence-electron chi connectivity index (χ0n) is 6.88. The van der Waals surface area contributed by atoms with Crippen molar-refractivity contribution in [2.24, 2.45) is 0 Å². The molecule has 0 aliphatic rings. The molecule has 0 aliphatic carbocycles. The fourth-order valence-electron chi connectivity index (χ4n) is 0. The zero-order chi connectivity index (χ0) is 13.5. The van der Waals surface area contributed by atoms with Crippen LogP contribution in [0.15, 0.2) is 0 Å². The molecule has 0 radical (unpaired) electrons. The van der Waals surface area contributed by atoms with Gasteiger partial charge < -0.3 is 0 Å². The van der Waals surface area contributed by atoms with Crippen LogP contribution in [-0.2, 0) is 70.6 Å². The average Bonchev–Trinajstić information content (AvgIpc) is 1.41. The van der Waals surface area contributed by atoms with E-state index in [0.29, 0.717) is 0 Å². The van der Waals surface area contributed by atoms with Crippen LogP contribution in [0.5, 0.6) is 0 Å². The number of hydrogen-bond donors (Lipinski definition) is 0. The second kappa shape index (κ2) is 14.7. The molecule has 0 aliphatic heterocycles.